The largest absolute Gasteiger partial charge is 0.350 e. The van der Waals surface area contributed by atoms with Crippen molar-refractivity contribution in [2.75, 3.05) is 20.6 Å². The molecular formula is C20H25FN4O. The molecule has 0 radical (unpaired) electrons. The zero-order valence-corrected chi connectivity index (χ0v) is 15.4. The van der Waals surface area contributed by atoms with E-state index in [0.717, 1.165) is 11.1 Å². The lowest BCUT2D eigenvalue weighted by atomic mass is 10.1. The third kappa shape index (κ3) is 6.20. The van der Waals surface area contributed by atoms with Gasteiger partial charge in [0.25, 0.3) is 0 Å². The monoisotopic (exact) mass is 356 g/mol. The molecule has 2 aromatic carbocycles. The molecule has 0 saturated carbocycles. The van der Waals surface area contributed by atoms with Crippen LogP contribution in [0.4, 0.5) is 4.39 Å². The number of nitrogens with one attached hydrogen (secondary N) is 2. The molecule has 1 atom stereocenters. The van der Waals surface area contributed by atoms with E-state index in [4.69, 9.17) is 0 Å². The molecular weight excluding hydrogens is 331 g/mol. The normalized spacial score (nSPS) is 12.4. The fraction of sp³-hybridized carbons (Fsp3) is 0.300. The summed E-state index contributed by atoms with van der Waals surface area (Å²) in [5.74, 6) is 0.206. The van der Waals surface area contributed by atoms with Gasteiger partial charge in [-0.15, -0.1) is 0 Å². The van der Waals surface area contributed by atoms with Crippen molar-refractivity contribution in [3.8, 4) is 0 Å². The number of amides is 1. The highest BCUT2D eigenvalue weighted by Gasteiger charge is 2.10. The minimum atomic E-state index is -0.275. The summed E-state index contributed by atoms with van der Waals surface area (Å²) in [6.45, 7) is 2.55. The van der Waals surface area contributed by atoms with Gasteiger partial charge in [-0.3, -0.25) is 4.79 Å². The van der Waals surface area contributed by atoms with Crippen molar-refractivity contribution in [1.82, 2.24) is 15.5 Å². The first-order chi connectivity index (χ1) is 12.5. The smallest absolute Gasteiger partial charge is 0.241 e. The molecule has 2 aromatic rings. The highest BCUT2D eigenvalue weighted by molar-refractivity contribution is 5.86. The lowest BCUT2D eigenvalue weighted by Gasteiger charge is -2.19. The zero-order valence-electron chi connectivity index (χ0n) is 15.4. The van der Waals surface area contributed by atoms with E-state index < -0.39 is 0 Å². The predicted octanol–water partition coefficient (Wildman–Crippen LogP) is 2.71. The van der Waals surface area contributed by atoms with Crippen LogP contribution in [0.15, 0.2) is 59.6 Å². The first-order valence-corrected chi connectivity index (χ1v) is 8.50. The van der Waals surface area contributed by atoms with Crippen molar-refractivity contribution < 1.29 is 9.18 Å². The number of carbonyl (C=O) groups excluding carboxylic acids is 1. The molecule has 2 N–H and O–H groups in total. The highest BCUT2D eigenvalue weighted by atomic mass is 19.1. The Labute approximate surface area is 153 Å². The number of hydrogen-bond acceptors (Lipinski definition) is 2. The number of nitrogens with zero attached hydrogens (tertiary/aromatic N) is 2. The van der Waals surface area contributed by atoms with Crippen LogP contribution < -0.4 is 10.6 Å². The number of carbonyl (C=O) groups is 1. The molecule has 5 nitrogen and oxygen atoms in total. The van der Waals surface area contributed by atoms with Crippen molar-refractivity contribution in [3.05, 3.63) is 71.5 Å². The summed E-state index contributed by atoms with van der Waals surface area (Å²) < 4.78 is 13.0. The van der Waals surface area contributed by atoms with Crippen molar-refractivity contribution in [2.24, 2.45) is 4.99 Å². The van der Waals surface area contributed by atoms with Crippen LogP contribution in [-0.4, -0.2) is 37.4 Å². The Morgan fingerprint density at radius 2 is 1.77 bits per heavy atom. The van der Waals surface area contributed by atoms with E-state index in [0.29, 0.717) is 12.5 Å². The number of hydrogen-bond donors (Lipinski definition) is 2. The lowest BCUT2D eigenvalue weighted by molar-refractivity contribution is -0.127. The van der Waals surface area contributed by atoms with Crippen LogP contribution in [0.1, 0.15) is 24.1 Å². The Balaban J connectivity index is 2.08. The van der Waals surface area contributed by atoms with Gasteiger partial charge in [-0.25, -0.2) is 9.38 Å². The summed E-state index contributed by atoms with van der Waals surface area (Å²) in [5.41, 5.74) is 2.00. The molecule has 1 amide bonds. The molecule has 26 heavy (non-hydrogen) atoms. The SMILES string of the molecule is CC(NC(=NCc1ccc(F)cc1)NCC(=O)N(C)C)c1ccccc1. The number of rotatable bonds is 6. The molecule has 0 aliphatic carbocycles. The number of benzene rings is 2. The van der Waals surface area contributed by atoms with Crippen molar-refractivity contribution in [1.29, 1.82) is 0 Å². The highest BCUT2D eigenvalue weighted by Crippen LogP contribution is 2.11. The maximum absolute atomic E-state index is 13.0. The van der Waals surface area contributed by atoms with E-state index in [1.807, 2.05) is 37.3 Å². The number of halogens is 1. The van der Waals surface area contributed by atoms with Gasteiger partial charge in [0.05, 0.1) is 19.1 Å². The van der Waals surface area contributed by atoms with Gasteiger partial charge >= 0.3 is 0 Å². The second kappa shape index (κ2) is 9.56. The Morgan fingerprint density at radius 3 is 2.38 bits per heavy atom. The van der Waals surface area contributed by atoms with Gasteiger partial charge in [0, 0.05) is 14.1 Å². The molecule has 0 bridgehead atoms. The Morgan fingerprint density at radius 1 is 1.12 bits per heavy atom. The average Bonchev–Trinajstić information content (AvgIpc) is 2.65. The maximum atomic E-state index is 13.0. The van der Waals surface area contributed by atoms with Gasteiger partial charge in [0.2, 0.25) is 5.91 Å². The average molecular weight is 356 g/mol. The molecule has 0 aliphatic heterocycles. The quantitative estimate of drug-likeness (QED) is 0.618. The van der Waals surface area contributed by atoms with Crippen LogP contribution in [0, 0.1) is 5.82 Å². The van der Waals surface area contributed by atoms with Gasteiger partial charge in [0.1, 0.15) is 5.82 Å². The van der Waals surface area contributed by atoms with Crippen LogP contribution in [0.5, 0.6) is 0 Å². The van der Waals surface area contributed by atoms with Crippen LogP contribution in [0.3, 0.4) is 0 Å². The summed E-state index contributed by atoms with van der Waals surface area (Å²) in [4.78, 5) is 17.9. The van der Waals surface area contributed by atoms with Crippen LogP contribution in [-0.2, 0) is 11.3 Å². The minimum absolute atomic E-state index is 0.0186. The van der Waals surface area contributed by atoms with E-state index in [1.54, 1.807) is 26.2 Å². The summed E-state index contributed by atoms with van der Waals surface area (Å²) in [5, 5.41) is 6.36. The second-order valence-electron chi connectivity index (χ2n) is 6.21. The Hall–Kier alpha value is -2.89. The summed E-state index contributed by atoms with van der Waals surface area (Å²) in [6.07, 6.45) is 0. The molecule has 138 valence electrons. The van der Waals surface area contributed by atoms with Gasteiger partial charge in [0.15, 0.2) is 5.96 Å². The van der Waals surface area contributed by atoms with Gasteiger partial charge in [-0.2, -0.15) is 0 Å². The van der Waals surface area contributed by atoms with Gasteiger partial charge < -0.3 is 15.5 Å². The fourth-order valence-corrected chi connectivity index (χ4v) is 2.26. The summed E-state index contributed by atoms with van der Waals surface area (Å²) in [6, 6.07) is 16.2. The first kappa shape index (κ1) is 19.4. The second-order valence-corrected chi connectivity index (χ2v) is 6.21. The molecule has 0 aromatic heterocycles. The number of likely N-dealkylation sites (N-methyl/N-ethyl adjacent to an activating group) is 1. The minimum Gasteiger partial charge on any atom is -0.350 e. The third-order valence-corrected chi connectivity index (χ3v) is 3.89. The van der Waals surface area contributed by atoms with E-state index >= 15 is 0 Å². The first-order valence-electron chi connectivity index (χ1n) is 8.50. The van der Waals surface area contributed by atoms with Crippen molar-refractivity contribution in [3.63, 3.8) is 0 Å². The van der Waals surface area contributed by atoms with Crippen molar-refractivity contribution >= 4 is 11.9 Å². The van der Waals surface area contributed by atoms with E-state index in [2.05, 4.69) is 15.6 Å². The number of guanidine groups is 1. The molecule has 0 heterocycles. The predicted molar refractivity (Wildman–Crippen MR) is 102 cm³/mol. The summed E-state index contributed by atoms with van der Waals surface area (Å²) in [7, 11) is 3.42. The molecule has 0 spiro atoms. The van der Waals surface area contributed by atoms with E-state index in [1.165, 1.54) is 17.0 Å². The lowest BCUT2D eigenvalue weighted by Crippen LogP contribution is -2.43. The van der Waals surface area contributed by atoms with Gasteiger partial charge in [-0.1, -0.05) is 42.5 Å². The standard InChI is InChI=1S/C20H25FN4O/c1-15(17-7-5-4-6-8-17)24-20(23-14-19(26)25(2)3)22-13-16-9-11-18(21)12-10-16/h4-12,15H,13-14H2,1-3H3,(H2,22,23,24). The van der Waals surface area contributed by atoms with Crippen LogP contribution in [0.2, 0.25) is 0 Å². The molecule has 0 aliphatic rings. The molecule has 2 rings (SSSR count). The van der Waals surface area contributed by atoms with Crippen molar-refractivity contribution in [2.45, 2.75) is 19.5 Å². The summed E-state index contributed by atoms with van der Waals surface area (Å²) >= 11 is 0. The Bertz CT molecular complexity index is 729. The molecule has 0 fully saturated rings. The molecule has 0 saturated heterocycles. The Kier molecular flexibility index (Phi) is 7.14. The maximum Gasteiger partial charge on any atom is 0.241 e. The molecule has 6 heteroatoms. The zero-order chi connectivity index (χ0) is 18.9. The number of aliphatic imine (C=N–C) groups is 1. The topological polar surface area (TPSA) is 56.7 Å². The third-order valence-electron chi connectivity index (χ3n) is 3.89. The fourth-order valence-electron chi connectivity index (χ4n) is 2.26. The van der Waals surface area contributed by atoms with E-state index in [-0.39, 0.29) is 24.3 Å². The van der Waals surface area contributed by atoms with E-state index in [9.17, 15) is 9.18 Å². The van der Waals surface area contributed by atoms with Gasteiger partial charge in [-0.05, 0) is 30.2 Å². The molecule has 1 unspecified atom stereocenters. The van der Waals surface area contributed by atoms with Crippen LogP contribution in [0.25, 0.3) is 0 Å². The van der Waals surface area contributed by atoms with Crippen LogP contribution >= 0.6 is 0 Å².